The van der Waals surface area contributed by atoms with Crippen molar-refractivity contribution < 1.29 is 9.84 Å². The molecule has 0 spiro atoms. The number of aryl methyl sites for hydroxylation is 1. The maximum atomic E-state index is 10.0. The van der Waals surface area contributed by atoms with Crippen LogP contribution < -0.4 is 4.90 Å². The lowest BCUT2D eigenvalue weighted by molar-refractivity contribution is -0.00766. The molecule has 2 rings (SSSR count). The Morgan fingerprint density at radius 1 is 1.29 bits per heavy atom. The summed E-state index contributed by atoms with van der Waals surface area (Å²) in [7, 11) is 0. The summed E-state index contributed by atoms with van der Waals surface area (Å²) in [5.41, 5.74) is 0. The van der Waals surface area contributed by atoms with Crippen molar-refractivity contribution in [1.82, 2.24) is 14.3 Å². The van der Waals surface area contributed by atoms with E-state index in [2.05, 4.69) is 19.2 Å². The first-order valence-corrected chi connectivity index (χ1v) is 8.39. The second-order valence-electron chi connectivity index (χ2n) is 5.80. The SMILES string of the molecule is Cc1nsc(N2CCCN(CC(O)COC(C)C)CC2)n1. The first-order valence-electron chi connectivity index (χ1n) is 7.62. The van der Waals surface area contributed by atoms with E-state index in [1.807, 2.05) is 20.8 Å². The monoisotopic (exact) mass is 314 g/mol. The lowest BCUT2D eigenvalue weighted by Crippen LogP contribution is -2.38. The fourth-order valence-electron chi connectivity index (χ4n) is 2.41. The summed E-state index contributed by atoms with van der Waals surface area (Å²) in [6.07, 6.45) is 0.832. The quantitative estimate of drug-likeness (QED) is 0.850. The maximum Gasteiger partial charge on any atom is 0.205 e. The summed E-state index contributed by atoms with van der Waals surface area (Å²) in [5, 5.41) is 11.0. The maximum absolute atomic E-state index is 10.0. The van der Waals surface area contributed by atoms with E-state index in [-0.39, 0.29) is 6.10 Å². The van der Waals surface area contributed by atoms with Crippen molar-refractivity contribution in [3.63, 3.8) is 0 Å². The standard InChI is InChI=1S/C14H26N4O2S/c1-11(2)20-10-13(19)9-17-5-4-6-18(8-7-17)14-15-12(3)16-21-14/h11,13,19H,4-10H2,1-3H3. The zero-order valence-electron chi connectivity index (χ0n) is 13.2. The third-order valence-corrected chi connectivity index (χ3v) is 4.34. The number of rotatable bonds is 6. The summed E-state index contributed by atoms with van der Waals surface area (Å²) in [6, 6.07) is 0. The van der Waals surface area contributed by atoms with Crippen LogP contribution in [0.1, 0.15) is 26.1 Å². The van der Waals surface area contributed by atoms with Crippen molar-refractivity contribution in [1.29, 1.82) is 0 Å². The Morgan fingerprint density at radius 3 is 2.76 bits per heavy atom. The van der Waals surface area contributed by atoms with Gasteiger partial charge in [-0.25, -0.2) is 4.98 Å². The molecule has 7 heteroatoms. The molecule has 0 aliphatic carbocycles. The molecule has 1 N–H and O–H groups in total. The van der Waals surface area contributed by atoms with Crippen LogP contribution in [0.4, 0.5) is 5.13 Å². The number of nitrogens with zero attached hydrogens (tertiary/aromatic N) is 4. The zero-order chi connectivity index (χ0) is 15.2. The number of aliphatic hydroxyl groups excluding tert-OH is 1. The van der Waals surface area contributed by atoms with Gasteiger partial charge in [0, 0.05) is 37.7 Å². The van der Waals surface area contributed by atoms with Crippen molar-refractivity contribution in [3.8, 4) is 0 Å². The van der Waals surface area contributed by atoms with Crippen LogP contribution in [0.25, 0.3) is 0 Å². The second-order valence-corrected chi connectivity index (χ2v) is 6.53. The molecule has 0 bridgehead atoms. The molecule has 1 fully saturated rings. The predicted molar refractivity (Wildman–Crippen MR) is 85.0 cm³/mol. The molecule has 1 aromatic rings. The van der Waals surface area contributed by atoms with Crippen LogP contribution in [0.15, 0.2) is 0 Å². The molecular formula is C14H26N4O2S. The Balaban J connectivity index is 1.78. The van der Waals surface area contributed by atoms with Gasteiger partial charge in [-0.1, -0.05) is 0 Å². The Morgan fingerprint density at radius 2 is 2.10 bits per heavy atom. The van der Waals surface area contributed by atoms with Crippen LogP contribution >= 0.6 is 11.5 Å². The molecule has 0 aromatic carbocycles. The van der Waals surface area contributed by atoms with E-state index >= 15 is 0 Å². The van der Waals surface area contributed by atoms with Crippen LogP contribution in [0.3, 0.4) is 0 Å². The first-order chi connectivity index (χ1) is 10.0. The minimum absolute atomic E-state index is 0.167. The van der Waals surface area contributed by atoms with Crippen LogP contribution in [-0.4, -0.2) is 70.9 Å². The number of β-amino-alcohol motifs (C(OH)–C–C–N with tert-alkyl or cyclic N) is 1. The highest BCUT2D eigenvalue weighted by Crippen LogP contribution is 2.18. The van der Waals surface area contributed by atoms with E-state index in [0.717, 1.165) is 43.6 Å². The summed E-state index contributed by atoms with van der Waals surface area (Å²) in [5.74, 6) is 0.845. The molecule has 1 unspecified atom stereocenters. The largest absolute Gasteiger partial charge is 0.389 e. The van der Waals surface area contributed by atoms with Gasteiger partial charge in [0.2, 0.25) is 5.13 Å². The lowest BCUT2D eigenvalue weighted by Gasteiger charge is -2.24. The van der Waals surface area contributed by atoms with Gasteiger partial charge in [-0.05, 0) is 33.7 Å². The molecule has 2 heterocycles. The van der Waals surface area contributed by atoms with Gasteiger partial charge >= 0.3 is 0 Å². The highest BCUT2D eigenvalue weighted by atomic mass is 32.1. The van der Waals surface area contributed by atoms with Crippen molar-refractivity contribution >= 4 is 16.7 Å². The van der Waals surface area contributed by atoms with E-state index in [4.69, 9.17) is 4.74 Å². The van der Waals surface area contributed by atoms with Crippen molar-refractivity contribution in [3.05, 3.63) is 5.82 Å². The summed E-state index contributed by atoms with van der Waals surface area (Å²) in [6.45, 7) is 10.9. The first kappa shape index (κ1) is 16.6. The number of anilines is 1. The number of aliphatic hydroxyl groups is 1. The van der Waals surface area contributed by atoms with Crippen LogP contribution in [-0.2, 0) is 4.74 Å². The smallest absolute Gasteiger partial charge is 0.205 e. The highest BCUT2D eigenvalue weighted by Gasteiger charge is 2.19. The number of hydrogen-bond acceptors (Lipinski definition) is 7. The molecule has 21 heavy (non-hydrogen) atoms. The number of aromatic nitrogens is 2. The number of hydrogen-bond donors (Lipinski definition) is 1. The molecule has 0 amide bonds. The molecule has 0 radical (unpaired) electrons. The third-order valence-electron chi connectivity index (χ3n) is 3.47. The lowest BCUT2D eigenvalue weighted by atomic mass is 10.3. The van der Waals surface area contributed by atoms with E-state index in [1.54, 1.807) is 0 Å². The van der Waals surface area contributed by atoms with Gasteiger partial charge < -0.3 is 14.7 Å². The molecule has 1 aliphatic rings. The van der Waals surface area contributed by atoms with E-state index in [0.29, 0.717) is 13.2 Å². The van der Waals surface area contributed by atoms with Crippen LogP contribution in [0.5, 0.6) is 0 Å². The molecule has 120 valence electrons. The summed E-state index contributed by atoms with van der Waals surface area (Å²) < 4.78 is 9.72. The number of ether oxygens (including phenoxy) is 1. The minimum Gasteiger partial charge on any atom is -0.389 e. The molecule has 0 saturated carbocycles. The molecule has 1 aliphatic heterocycles. The van der Waals surface area contributed by atoms with Gasteiger partial charge in [0.25, 0.3) is 0 Å². The fraction of sp³-hybridized carbons (Fsp3) is 0.857. The predicted octanol–water partition coefficient (Wildman–Crippen LogP) is 1.14. The van der Waals surface area contributed by atoms with Crippen LogP contribution in [0.2, 0.25) is 0 Å². The molecule has 6 nitrogen and oxygen atoms in total. The molecule has 1 atom stereocenters. The van der Waals surface area contributed by atoms with Gasteiger partial charge in [-0.2, -0.15) is 4.37 Å². The Labute approximate surface area is 130 Å². The summed E-state index contributed by atoms with van der Waals surface area (Å²) >= 11 is 1.47. The van der Waals surface area contributed by atoms with E-state index < -0.39 is 6.10 Å². The molecule has 1 aromatic heterocycles. The highest BCUT2D eigenvalue weighted by molar-refractivity contribution is 7.09. The van der Waals surface area contributed by atoms with Crippen molar-refractivity contribution in [2.45, 2.75) is 39.4 Å². The fourth-order valence-corrected chi connectivity index (χ4v) is 3.14. The van der Waals surface area contributed by atoms with Crippen molar-refractivity contribution in [2.75, 3.05) is 44.2 Å². The van der Waals surface area contributed by atoms with E-state index in [9.17, 15) is 5.11 Å². The zero-order valence-corrected chi connectivity index (χ0v) is 14.0. The van der Waals surface area contributed by atoms with Gasteiger partial charge in [0.15, 0.2) is 0 Å². The third kappa shape index (κ3) is 5.50. The van der Waals surface area contributed by atoms with Crippen molar-refractivity contribution in [2.24, 2.45) is 0 Å². The van der Waals surface area contributed by atoms with E-state index in [1.165, 1.54) is 11.5 Å². The Kier molecular flexibility index (Phi) is 6.35. The normalized spacial score (nSPS) is 19.0. The Hall–Kier alpha value is -0.760. The van der Waals surface area contributed by atoms with Gasteiger partial charge in [-0.3, -0.25) is 4.90 Å². The minimum atomic E-state index is -0.414. The average Bonchev–Trinajstić information content (AvgIpc) is 2.73. The molecule has 1 saturated heterocycles. The second kappa shape index (κ2) is 8.03. The summed E-state index contributed by atoms with van der Waals surface area (Å²) in [4.78, 5) is 9.06. The topological polar surface area (TPSA) is 61.7 Å². The molecular weight excluding hydrogens is 288 g/mol. The van der Waals surface area contributed by atoms with Crippen LogP contribution in [0, 0.1) is 6.92 Å². The average molecular weight is 314 g/mol. The van der Waals surface area contributed by atoms with Gasteiger partial charge in [-0.15, -0.1) is 0 Å². The Bertz CT molecular complexity index is 427. The van der Waals surface area contributed by atoms with Gasteiger partial charge in [0.05, 0.1) is 18.8 Å². The van der Waals surface area contributed by atoms with Gasteiger partial charge in [0.1, 0.15) is 5.82 Å².